The lowest BCUT2D eigenvalue weighted by Crippen LogP contribution is -2.45. The van der Waals surface area contributed by atoms with Gasteiger partial charge in [-0.1, -0.05) is 32.1 Å². The smallest absolute Gasteiger partial charge is 0.243 e. The van der Waals surface area contributed by atoms with Crippen LogP contribution in [0.2, 0.25) is 0 Å². The summed E-state index contributed by atoms with van der Waals surface area (Å²) in [6.45, 7) is 8.15. The summed E-state index contributed by atoms with van der Waals surface area (Å²) in [4.78, 5) is 9.29. The van der Waals surface area contributed by atoms with Gasteiger partial charge in [0.05, 0.1) is 27.3 Å². The van der Waals surface area contributed by atoms with Crippen molar-refractivity contribution in [3.05, 3.63) is 47.8 Å². The van der Waals surface area contributed by atoms with Crippen molar-refractivity contribution in [2.24, 2.45) is 0 Å². The number of sulfonamides is 1. The van der Waals surface area contributed by atoms with Gasteiger partial charge in [0.1, 0.15) is 5.76 Å². The molecule has 0 aliphatic carbocycles. The molecule has 5 rings (SSSR count). The van der Waals surface area contributed by atoms with Gasteiger partial charge in [-0.25, -0.2) is 18.4 Å². The van der Waals surface area contributed by atoms with E-state index in [2.05, 4.69) is 41.4 Å². The minimum atomic E-state index is -3.52. The highest BCUT2D eigenvalue weighted by molar-refractivity contribution is 8.00. The first-order valence-electron chi connectivity index (χ1n) is 11.9. The summed E-state index contributed by atoms with van der Waals surface area (Å²) >= 11 is 3.21. The summed E-state index contributed by atoms with van der Waals surface area (Å²) < 4.78 is 35.2. The molecule has 0 saturated carbocycles. The van der Waals surface area contributed by atoms with Crippen molar-refractivity contribution in [1.29, 1.82) is 0 Å². The van der Waals surface area contributed by atoms with Gasteiger partial charge in [0, 0.05) is 36.8 Å². The van der Waals surface area contributed by atoms with Crippen LogP contribution in [0.4, 0.5) is 10.8 Å². The lowest BCUT2D eigenvalue weighted by atomic mass is 9.94. The molecule has 4 heterocycles. The number of hydrogen-bond donors (Lipinski definition) is 2. The molecule has 2 aromatic heterocycles. The first-order chi connectivity index (χ1) is 16.7. The maximum absolute atomic E-state index is 13.3. The Morgan fingerprint density at radius 3 is 2.94 bits per heavy atom. The monoisotopic (exact) mass is 533 g/mol. The van der Waals surface area contributed by atoms with Crippen LogP contribution in [0.25, 0.3) is 0 Å². The molecule has 0 radical (unpaired) electrons. The third kappa shape index (κ3) is 5.52. The van der Waals surface area contributed by atoms with Crippen molar-refractivity contribution >= 4 is 43.9 Å². The molecule has 0 amide bonds. The largest absolute Gasteiger partial charge is 0.444 e. The highest BCUT2D eigenvalue weighted by atomic mass is 32.2. The lowest BCUT2D eigenvalue weighted by molar-refractivity contribution is 0.327. The van der Waals surface area contributed by atoms with Crippen LogP contribution in [0.1, 0.15) is 50.8 Å². The number of nitrogens with zero attached hydrogens (tertiary/aromatic N) is 3. The number of nitrogens with one attached hydrogen (secondary N) is 2. The van der Waals surface area contributed by atoms with Gasteiger partial charge in [0.15, 0.2) is 5.13 Å². The van der Waals surface area contributed by atoms with Crippen LogP contribution < -0.4 is 10.6 Å². The molecule has 11 heteroatoms. The Morgan fingerprint density at radius 1 is 1.29 bits per heavy atom. The standard InChI is InChI=1S/C24H31N5O3S3/c1-24(2,3)20-12-26-21(32-20)15-33-22-13-27-23(34-22)28-17-5-4-10-29(14-17)35(30,31)18-6-7-19-16(11-18)8-9-25-19/h6-7,11-13,17,25H,4-5,8-10,14-15H2,1-3H3,(H,27,28)/t17-/m1/s1. The van der Waals surface area contributed by atoms with Crippen LogP contribution in [-0.2, 0) is 27.6 Å². The molecule has 0 spiro atoms. The predicted molar refractivity (Wildman–Crippen MR) is 141 cm³/mol. The molecular formula is C24H31N5O3S3. The van der Waals surface area contributed by atoms with E-state index in [1.54, 1.807) is 39.7 Å². The summed E-state index contributed by atoms with van der Waals surface area (Å²) in [7, 11) is -3.52. The molecule has 2 N–H and O–H groups in total. The maximum atomic E-state index is 13.3. The number of rotatable bonds is 7. The average Bonchev–Trinajstić information content (AvgIpc) is 3.57. The van der Waals surface area contributed by atoms with Crippen LogP contribution >= 0.6 is 23.1 Å². The zero-order chi connectivity index (χ0) is 24.6. The van der Waals surface area contributed by atoms with Crippen LogP contribution in [0.3, 0.4) is 0 Å². The fourth-order valence-corrected chi connectivity index (χ4v) is 7.67. The molecular weight excluding hydrogens is 502 g/mol. The zero-order valence-electron chi connectivity index (χ0n) is 20.2. The average molecular weight is 534 g/mol. The number of fused-ring (bicyclic) bond motifs is 1. The first kappa shape index (κ1) is 24.6. The predicted octanol–water partition coefficient (Wildman–Crippen LogP) is 4.95. The van der Waals surface area contributed by atoms with Gasteiger partial charge in [0.2, 0.25) is 15.9 Å². The SMILES string of the molecule is CC(C)(C)c1cnc(CSc2cnc(N[C@@H]3CCCN(S(=O)(=O)c4ccc5c(c4)CCN5)C3)s2)o1. The Hall–Kier alpha value is -2.08. The number of piperidine rings is 1. The minimum absolute atomic E-state index is 0.0275. The molecule has 188 valence electrons. The summed E-state index contributed by atoms with van der Waals surface area (Å²) in [5, 5.41) is 7.55. The number of oxazole rings is 1. The minimum Gasteiger partial charge on any atom is -0.444 e. The first-order valence-corrected chi connectivity index (χ1v) is 15.1. The van der Waals surface area contributed by atoms with E-state index in [0.29, 0.717) is 29.6 Å². The van der Waals surface area contributed by atoms with Crippen LogP contribution in [0, 0.1) is 0 Å². The fourth-order valence-electron chi connectivity index (χ4n) is 4.29. The number of thioether (sulfide) groups is 1. The molecule has 2 aliphatic heterocycles. The van der Waals surface area contributed by atoms with Gasteiger partial charge >= 0.3 is 0 Å². The molecule has 1 fully saturated rings. The molecule has 3 aromatic rings. The van der Waals surface area contributed by atoms with Crippen molar-refractivity contribution in [3.63, 3.8) is 0 Å². The Kier molecular flexibility index (Phi) is 6.86. The molecule has 1 atom stereocenters. The van der Waals surface area contributed by atoms with Gasteiger partial charge in [-0.3, -0.25) is 0 Å². The van der Waals surface area contributed by atoms with Crippen molar-refractivity contribution in [2.75, 3.05) is 30.3 Å². The van der Waals surface area contributed by atoms with Crippen molar-refractivity contribution in [3.8, 4) is 0 Å². The Balaban J connectivity index is 1.18. The van der Waals surface area contributed by atoms with Crippen molar-refractivity contribution in [1.82, 2.24) is 14.3 Å². The fraction of sp³-hybridized carbons (Fsp3) is 0.500. The van der Waals surface area contributed by atoms with Crippen LogP contribution in [-0.4, -0.2) is 48.4 Å². The number of benzene rings is 1. The van der Waals surface area contributed by atoms with E-state index in [4.69, 9.17) is 4.42 Å². The van der Waals surface area contributed by atoms with E-state index in [-0.39, 0.29) is 11.5 Å². The van der Waals surface area contributed by atoms with Gasteiger partial charge < -0.3 is 15.1 Å². The summed E-state index contributed by atoms with van der Waals surface area (Å²) in [6.07, 6.45) is 6.24. The Morgan fingerprint density at radius 2 is 2.14 bits per heavy atom. The number of anilines is 2. The maximum Gasteiger partial charge on any atom is 0.243 e. The summed E-state index contributed by atoms with van der Waals surface area (Å²) in [5.74, 6) is 2.23. The number of aromatic nitrogens is 2. The lowest BCUT2D eigenvalue weighted by Gasteiger charge is -2.32. The third-order valence-electron chi connectivity index (χ3n) is 6.25. The Bertz CT molecular complexity index is 1300. The van der Waals surface area contributed by atoms with Gasteiger partial charge in [-0.2, -0.15) is 4.31 Å². The van der Waals surface area contributed by atoms with Gasteiger partial charge in [-0.05, 0) is 43.0 Å². The van der Waals surface area contributed by atoms with E-state index >= 15 is 0 Å². The second kappa shape index (κ2) is 9.76. The quantitative estimate of drug-likeness (QED) is 0.411. The molecule has 1 saturated heterocycles. The van der Waals surface area contributed by atoms with Crippen LogP contribution in [0.5, 0.6) is 0 Å². The second-order valence-electron chi connectivity index (χ2n) is 9.98. The van der Waals surface area contributed by atoms with Crippen molar-refractivity contribution in [2.45, 2.75) is 66.3 Å². The van der Waals surface area contributed by atoms with Gasteiger partial charge in [-0.15, -0.1) is 11.8 Å². The van der Waals surface area contributed by atoms with Crippen LogP contribution in [0.15, 0.2) is 44.1 Å². The summed E-state index contributed by atoms with van der Waals surface area (Å²) in [5.41, 5.74) is 2.05. The zero-order valence-corrected chi connectivity index (χ0v) is 22.7. The molecule has 0 bridgehead atoms. The third-order valence-corrected chi connectivity index (χ3v) is 10.2. The molecule has 0 unspecified atom stereocenters. The molecule has 2 aliphatic rings. The van der Waals surface area contributed by atoms with E-state index < -0.39 is 10.0 Å². The van der Waals surface area contributed by atoms with E-state index in [1.165, 1.54) is 0 Å². The topological polar surface area (TPSA) is 100 Å². The molecule has 1 aromatic carbocycles. The van der Waals surface area contributed by atoms with E-state index in [0.717, 1.165) is 52.2 Å². The molecule has 35 heavy (non-hydrogen) atoms. The molecule has 8 nitrogen and oxygen atoms in total. The highest BCUT2D eigenvalue weighted by Gasteiger charge is 2.31. The second-order valence-corrected chi connectivity index (χ2v) is 14.2. The normalized spacial score (nSPS) is 18.9. The number of thiazole rings is 1. The van der Waals surface area contributed by atoms with Crippen molar-refractivity contribution < 1.29 is 12.8 Å². The number of hydrogen-bond acceptors (Lipinski definition) is 9. The van der Waals surface area contributed by atoms with Gasteiger partial charge in [0.25, 0.3) is 0 Å². The summed E-state index contributed by atoms with van der Waals surface area (Å²) in [6, 6.07) is 5.45. The van der Waals surface area contributed by atoms with E-state index in [9.17, 15) is 8.42 Å². The van der Waals surface area contributed by atoms with E-state index in [1.807, 2.05) is 18.3 Å². The highest BCUT2D eigenvalue weighted by Crippen LogP contribution is 2.33. The Labute approximate surface area is 215 Å².